The lowest BCUT2D eigenvalue weighted by Crippen LogP contribution is -2.56. The Morgan fingerprint density at radius 3 is 2.79 bits per heavy atom. The van der Waals surface area contributed by atoms with E-state index in [1.54, 1.807) is 0 Å². The van der Waals surface area contributed by atoms with Gasteiger partial charge in [0.2, 0.25) is 5.91 Å². The summed E-state index contributed by atoms with van der Waals surface area (Å²) in [5.41, 5.74) is 5.25. The lowest BCUT2D eigenvalue weighted by molar-refractivity contribution is -0.149. The zero-order valence-corrected chi connectivity index (χ0v) is 9.25. The molecule has 0 aromatic carbocycles. The summed E-state index contributed by atoms with van der Waals surface area (Å²) in [6.07, 6.45) is 0. The highest BCUT2D eigenvalue weighted by Gasteiger charge is 2.33. The minimum Gasteiger partial charge on any atom is -0.370 e. The predicted octanol–water partition coefficient (Wildman–Crippen LogP) is 0.219. The van der Waals surface area contributed by atoms with Crippen LogP contribution in [0.5, 0.6) is 0 Å². The summed E-state index contributed by atoms with van der Waals surface area (Å²) in [4.78, 5) is 13.6. The molecule has 4 heteroatoms. The first-order chi connectivity index (χ1) is 6.48. The van der Waals surface area contributed by atoms with Gasteiger partial charge in [-0.25, -0.2) is 0 Å². The number of hydrogen-bond donors (Lipinski definition) is 1. The highest BCUT2D eigenvalue weighted by Crippen LogP contribution is 2.17. The van der Waals surface area contributed by atoms with Gasteiger partial charge in [0.1, 0.15) is 0 Å². The Bertz CT molecular complexity index is 218. The van der Waals surface area contributed by atoms with Gasteiger partial charge < -0.3 is 15.4 Å². The predicted molar refractivity (Wildman–Crippen MR) is 54.8 cm³/mol. The standard InChI is InChI=1S/C10H20N2O2/c1-8(2)9(13)12-4-5-14-10(3,6-11)7-12/h8H,4-7,11H2,1-3H3. The second kappa shape index (κ2) is 4.28. The molecule has 1 aliphatic heterocycles. The molecule has 82 valence electrons. The molecule has 1 rings (SSSR count). The largest absolute Gasteiger partial charge is 0.370 e. The number of ether oxygens (including phenoxy) is 1. The molecule has 1 fully saturated rings. The maximum Gasteiger partial charge on any atom is 0.225 e. The van der Waals surface area contributed by atoms with Crippen LogP contribution in [0.4, 0.5) is 0 Å². The van der Waals surface area contributed by atoms with E-state index in [4.69, 9.17) is 10.5 Å². The van der Waals surface area contributed by atoms with Crippen molar-refractivity contribution in [2.24, 2.45) is 11.7 Å². The number of nitrogens with zero attached hydrogens (tertiary/aromatic N) is 1. The average Bonchev–Trinajstić information content (AvgIpc) is 2.16. The van der Waals surface area contributed by atoms with Crippen LogP contribution in [0.1, 0.15) is 20.8 Å². The molecule has 0 spiro atoms. The normalized spacial score (nSPS) is 28.2. The van der Waals surface area contributed by atoms with E-state index in [2.05, 4.69) is 0 Å². The summed E-state index contributed by atoms with van der Waals surface area (Å²) in [5, 5.41) is 0. The van der Waals surface area contributed by atoms with Gasteiger partial charge in [-0.05, 0) is 6.92 Å². The first-order valence-corrected chi connectivity index (χ1v) is 5.11. The van der Waals surface area contributed by atoms with Crippen LogP contribution in [0.2, 0.25) is 0 Å². The lowest BCUT2D eigenvalue weighted by Gasteiger charge is -2.40. The van der Waals surface area contributed by atoms with Crippen molar-refractivity contribution in [1.29, 1.82) is 0 Å². The van der Waals surface area contributed by atoms with E-state index in [9.17, 15) is 4.79 Å². The monoisotopic (exact) mass is 200 g/mol. The molecule has 1 unspecified atom stereocenters. The smallest absolute Gasteiger partial charge is 0.225 e. The molecule has 0 aromatic rings. The van der Waals surface area contributed by atoms with Gasteiger partial charge in [-0.3, -0.25) is 4.79 Å². The molecule has 0 bridgehead atoms. The molecule has 1 aliphatic rings. The zero-order valence-electron chi connectivity index (χ0n) is 9.25. The number of hydrogen-bond acceptors (Lipinski definition) is 3. The van der Waals surface area contributed by atoms with Gasteiger partial charge in [-0.2, -0.15) is 0 Å². The van der Waals surface area contributed by atoms with E-state index < -0.39 is 0 Å². The number of nitrogens with two attached hydrogens (primary N) is 1. The van der Waals surface area contributed by atoms with Crippen molar-refractivity contribution in [2.45, 2.75) is 26.4 Å². The van der Waals surface area contributed by atoms with Crippen molar-refractivity contribution in [3.05, 3.63) is 0 Å². The summed E-state index contributed by atoms with van der Waals surface area (Å²) < 4.78 is 5.56. The topological polar surface area (TPSA) is 55.6 Å². The fourth-order valence-corrected chi connectivity index (χ4v) is 1.61. The van der Waals surface area contributed by atoms with Gasteiger partial charge in [0.05, 0.1) is 18.8 Å². The number of carbonyl (C=O) groups is 1. The van der Waals surface area contributed by atoms with Crippen molar-refractivity contribution in [3.8, 4) is 0 Å². The van der Waals surface area contributed by atoms with Crippen LogP contribution in [0.25, 0.3) is 0 Å². The molecule has 1 amide bonds. The van der Waals surface area contributed by atoms with Crippen molar-refractivity contribution in [2.75, 3.05) is 26.2 Å². The molecule has 2 N–H and O–H groups in total. The molecule has 0 saturated carbocycles. The van der Waals surface area contributed by atoms with Crippen LogP contribution in [-0.2, 0) is 9.53 Å². The molecular weight excluding hydrogens is 180 g/mol. The van der Waals surface area contributed by atoms with Crippen LogP contribution in [0.15, 0.2) is 0 Å². The number of morpholine rings is 1. The van der Waals surface area contributed by atoms with Gasteiger partial charge in [-0.15, -0.1) is 0 Å². The molecule has 0 aromatic heterocycles. The first-order valence-electron chi connectivity index (χ1n) is 5.11. The number of rotatable bonds is 2. The van der Waals surface area contributed by atoms with Crippen LogP contribution < -0.4 is 5.73 Å². The van der Waals surface area contributed by atoms with Crippen LogP contribution in [0.3, 0.4) is 0 Å². The van der Waals surface area contributed by atoms with Crippen LogP contribution in [0, 0.1) is 5.92 Å². The molecule has 1 saturated heterocycles. The average molecular weight is 200 g/mol. The van der Waals surface area contributed by atoms with Gasteiger partial charge in [-0.1, -0.05) is 13.8 Å². The van der Waals surface area contributed by atoms with E-state index >= 15 is 0 Å². The fraction of sp³-hybridized carbons (Fsp3) is 0.900. The molecule has 4 nitrogen and oxygen atoms in total. The molecular formula is C10H20N2O2. The van der Waals surface area contributed by atoms with E-state index in [0.29, 0.717) is 26.2 Å². The van der Waals surface area contributed by atoms with Crippen molar-refractivity contribution in [3.63, 3.8) is 0 Å². The molecule has 0 aliphatic carbocycles. The van der Waals surface area contributed by atoms with Gasteiger partial charge in [0.25, 0.3) is 0 Å². The van der Waals surface area contributed by atoms with E-state index in [1.807, 2.05) is 25.7 Å². The third-order valence-corrected chi connectivity index (χ3v) is 2.57. The Labute approximate surface area is 85.4 Å². The quantitative estimate of drug-likeness (QED) is 0.693. The Kier molecular flexibility index (Phi) is 3.50. The SMILES string of the molecule is CC(C)C(=O)N1CCOC(C)(CN)C1. The third-order valence-electron chi connectivity index (χ3n) is 2.57. The number of amides is 1. The molecule has 0 radical (unpaired) electrons. The van der Waals surface area contributed by atoms with Crippen molar-refractivity contribution < 1.29 is 9.53 Å². The molecule has 1 heterocycles. The maximum absolute atomic E-state index is 11.7. The Balaban J connectivity index is 2.60. The third kappa shape index (κ3) is 2.45. The van der Waals surface area contributed by atoms with Crippen LogP contribution in [-0.4, -0.2) is 42.6 Å². The summed E-state index contributed by atoms with van der Waals surface area (Å²) in [6, 6.07) is 0. The lowest BCUT2D eigenvalue weighted by atomic mass is 10.0. The highest BCUT2D eigenvalue weighted by atomic mass is 16.5. The van der Waals surface area contributed by atoms with Gasteiger partial charge >= 0.3 is 0 Å². The minimum absolute atomic E-state index is 0.0510. The zero-order chi connectivity index (χ0) is 10.8. The molecule has 1 atom stereocenters. The minimum atomic E-state index is -0.358. The number of carbonyl (C=O) groups excluding carboxylic acids is 1. The maximum atomic E-state index is 11.7. The highest BCUT2D eigenvalue weighted by molar-refractivity contribution is 5.78. The van der Waals surface area contributed by atoms with E-state index in [1.165, 1.54) is 0 Å². The summed E-state index contributed by atoms with van der Waals surface area (Å²) in [7, 11) is 0. The van der Waals surface area contributed by atoms with Crippen molar-refractivity contribution >= 4 is 5.91 Å². The Morgan fingerprint density at radius 2 is 2.29 bits per heavy atom. The second-order valence-corrected chi connectivity index (χ2v) is 4.42. The second-order valence-electron chi connectivity index (χ2n) is 4.42. The Hall–Kier alpha value is -0.610. The van der Waals surface area contributed by atoms with Gasteiger partial charge in [0.15, 0.2) is 0 Å². The Morgan fingerprint density at radius 1 is 1.64 bits per heavy atom. The summed E-state index contributed by atoms with van der Waals surface area (Å²) in [5.74, 6) is 0.239. The first kappa shape index (κ1) is 11.5. The van der Waals surface area contributed by atoms with E-state index in [-0.39, 0.29) is 17.4 Å². The summed E-state index contributed by atoms with van der Waals surface area (Å²) >= 11 is 0. The van der Waals surface area contributed by atoms with Gasteiger partial charge in [0, 0.05) is 19.0 Å². The fourth-order valence-electron chi connectivity index (χ4n) is 1.61. The van der Waals surface area contributed by atoms with Crippen molar-refractivity contribution in [1.82, 2.24) is 4.90 Å². The molecule has 14 heavy (non-hydrogen) atoms. The van der Waals surface area contributed by atoms with E-state index in [0.717, 1.165) is 0 Å². The van der Waals surface area contributed by atoms with Crippen LogP contribution >= 0.6 is 0 Å². The summed E-state index contributed by atoms with van der Waals surface area (Å²) in [6.45, 7) is 8.12.